The maximum absolute atomic E-state index is 11.6. The predicted molar refractivity (Wildman–Crippen MR) is 58.7 cm³/mol. The average molecular weight is 222 g/mol. The van der Waals surface area contributed by atoms with E-state index in [0.29, 0.717) is 5.75 Å². The molecule has 1 heterocycles. The van der Waals surface area contributed by atoms with Gasteiger partial charge in [-0.2, -0.15) is 0 Å². The lowest BCUT2D eigenvalue weighted by Crippen LogP contribution is -2.41. The standard InChI is InChI=1S/C10H10N2O2S/c11-9(13)5-12-7-3-1-2-4-8(7)15-6-10(12)14/h1-4H,5-6H2,(H2,11,13). The molecule has 0 saturated heterocycles. The summed E-state index contributed by atoms with van der Waals surface area (Å²) < 4.78 is 0. The van der Waals surface area contributed by atoms with E-state index in [9.17, 15) is 9.59 Å². The number of hydrogen-bond acceptors (Lipinski definition) is 3. The van der Waals surface area contributed by atoms with Gasteiger partial charge in [0.2, 0.25) is 11.8 Å². The summed E-state index contributed by atoms with van der Waals surface area (Å²) in [4.78, 5) is 24.9. The fourth-order valence-corrected chi connectivity index (χ4v) is 2.42. The Labute approximate surface area is 91.4 Å². The van der Waals surface area contributed by atoms with Gasteiger partial charge in [0.05, 0.1) is 11.4 Å². The van der Waals surface area contributed by atoms with E-state index in [-0.39, 0.29) is 12.5 Å². The molecule has 2 N–H and O–H groups in total. The summed E-state index contributed by atoms with van der Waals surface area (Å²) in [6, 6.07) is 7.50. The van der Waals surface area contributed by atoms with Crippen molar-refractivity contribution in [2.45, 2.75) is 4.90 Å². The molecule has 78 valence electrons. The number of nitrogens with two attached hydrogens (primary N) is 1. The first-order valence-corrected chi connectivity index (χ1v) is 5.47. The minimum atomic E-state index is -0.495. The van der Waals surface area contributed by atoms with Crippen LogP contribution in [0.2, 0.25) is 0 Å². The number of carbonyl (C=O) groups excluding carboxylic acids is 2. The second kappa shape index (κ2) is 3.94. The van der Waals surface area contributed by atoms with Crippen molar-refractivity contribution < 1.29 is 9.59 Å². The molecule has 0 fully saturated rings. The summed E-state index contributed by atoms with van der Waals surface area (Å²) in [5.41, 5.74) is 5.88. The highest BCUT2D eigenvalue weighted by Crippen LogP contribution is 2.34. The highest BCUT2D eigenvalue weighted by molar-refractivity contribution is 8.00. The van der Waals surface area contributed by atoms with Crippen LogP contribution in [0.25, 0.3) is 0 Å². The molecule has 1 aliphatic heterocycles. The number of hydrogen-bond donors (Lipinski definition) is 1. The molecule has 4 nitrogen and oxygen atoms in total. The topological polar surface area (TPSA) is 63.4 Å². The van der Waals surface area contributed by atoms with Crippen molar-refractivity contribution >= 4 is 29.3 Å². The molecule has 0 aliphatic carbocycles. The van der Waals surface area contributed by atoms with E-state index in [1.54, 1.807) is 0 Å². The van der Waals surface area contributed by atoms with Gasteiger partial charge in [0, 0.05) is 4.90 Å². The Morgan fingerprint density at radius 3 is 2.93 bits per heavy atom. The SMILES string of the molecule is NC(=O)CN1C(=O)CSc2ccccc21. The maximum Gasteiger partial charge on any atom is 0.237 e. The summed E-state index contributed by atoms with van der Waals surface area (Å²) in [6.45, 7) is -0.0452. The molecule has 2 rings (SSSR count). The lowest BCUT2D eigenvalue weighted by Gasteiger charge is -2.27. The molecule has 0 aromatic heterocycles. The third-order valence-corrected chi connectivity index (χ3v) is 3.17. The van der Waals surface area contributed by atoms with Crippen LogP contribution in [-0.2, 0) is 9.59 Å². The minimum Gasteiger partial charge on any atom is -0.368 e. The zero-order valence-electron chi connectivity index (χ0n) is 7.97. The zero-order valence-corrected chi connectivity index (χ0v) is 8.79. The average Bonchev–Trinajstić information content (AvgIpc) is 2.22. The van der Waals surface area contributed by atoms with E-state index in [1.807, 2.05) is 24.3 Å². The van der Waals surface area contributed by atoms with Crippen LogP contribution in [0.15, 0.2) is 29.2 Å². The van der Waals surface area contributed by atoms with Crippen LogP contribution in [0.5, 0.6) is 0 Å². The first-order valence-electron chi connectivity index (χ1n) is 4.49. The molecule has 5 heteroatoms. The molecule has 2 amide bonds. The molecular formula is C10H10N2O2S. The van der Waals surface area contributed by atoms with Crippen LogP contribution in [0.4, 0.5) is 5.69 Å². The van der Waals surface area contributed by atoms with Crippen molar-refractivity contribution in [1.82, 2.24) is 0 Å². The van der Waals surface area contributed by atoms with E-state index >= 15 is 0 Å². The number of primary amides is 1. The van der Waals surface area contributed by atoms with Gasteiger partial charge < -0.3 is 10.6 Å². The number of para-hydroxylation sites is 1. The van der Waals surface area contributed by atoms with Gasteiger partial charge in [-0.3, -0.25) is 9.59 Å². The Morgan fingerprint density at radius 1 is 1.47 bits per heavy atom. The van der Waals surface area contributed by atoms with E-state index in [0.717, 1.165) is 10.6 Å². The predicted octanol–water partition coefficient (Wildman–Crippen LogP) is 0.611. The second-order valence-electron chi connectivity index (χ2n) is 3.20. The van der Waals surface area contributed by atoms with Crippen molar-refractivity contribution in [3.8, 4) is 0 Å². The lowest BCUT2D eigenvalue weighted by molar-refractivity contribution is -0.121. The summed E-state index contributed by atoms with van der Waals surface area (Å²) in [7, 11) is 0. The number of thioether (sulfide) groups is 1. The highest BCUT2D eigenvalue weighted by atomic mass is 32.2. The van der Waals surface area contributed by atoms with Crippen molar-refractivity contribution in [3.63, 3.8) is 0 Å². The molecule has 1 aromatic carbocycles. The van der Waals surface area contributed by atoms with E-state index in [1.165, 1.54) is 16.7 Å². The number of fused-ring (bicyclic) bond motifs is 1. The minimum absolute atomic E-state index is 0.0452. The monoisotopic (exact) mass is 222 g/mol. The Kier molecular flexibility index (Phi) is 2.64. The van der Waals surface area contributed by atoms with Gasteiger partial charge >= 0.3 is 0 Å². The lowest BCUT2D eigenvalue weighted by atomic mass is 10.2. The van der Waals surface area contributed by atoms with Gasteiger partial charge in [-0.25, -0.2) is 0 Å². The van der Waals surface area contributed by atoms with Crippen LogP contribution in [-0.4, -0.2) is 24.1 Å². The van der Waals surface area contributed by atoms with Gasteiger partial charge in [0.15, 0.2) is 0 Å². The Morgan fingerprint density at radius 2 is 2.20 bits per heavy atom. The summed E-state index contributed by atoms with van der Waals surface area (Å²) in [6.07, 6.45) is 0. The molecule has 0 saturated carbocycles. The number of benzene rings is 1. The first-order chi connectivity index (χ1) is 7.18. The van der Waals surface area contributed by atoms with Crippen molar-refractivity contribution in [1.29, 1.82) is 0 Å². The van der Waals surface area contributed by atoms with Crippen LogP contribution in [0.3, 0.4) is 0 Å². The smallest absolute Gasteiger partial charge is 0.237 e. The number of carbonyl (C=O) groups is 2. The largest absolute Gasteiger partial charge is 0.368 e. The van der Waals surface area contributed by atoms with Gasteiger partial charge in [-0.05, 0) is 12.1 Å². The quantitative estimate of drug-likeness (QED) is 0.797. The molecule has 15 heavy (non-hydrogen) atoms. The molecule has 1 aliphatic rings. The van der Waals surface area contributed by atoms with Crippen LogP contribution < -0.4 is 10.6 Å². The number of amides is 2. The molecule has 0 spiro atoms. The van der Waals surface area contributed by atoms with Crippen molar-refractivity contribution in [2.24, 2.45) is 5.73 Å². The van der Waals surface area contributed by atoms with Gasteiger partial charge in [0.1, 0.15) is 6.54 Å². The number of rotatable bonds is 2. The van der Waals surface area contributed by atoms with Gasteiger partial charge in [0.25, 0.3) is 0 Å². The normalized spacial score (nSPS) is 14.9. The molecule has 0 bridgehead atoms. The van der Waals surface area contributed by atoms with Gasteiger partial charge in [-0.1, -0.05) is 12.1 Å². The Balaban J connectivity index is 2.37. The van der Waals surface area contributed by atoms with Crippen molar-refractivity contribution in [3.05, 3.63) is 24.3 Å². The maximum atomic E-state index is 11.6. The fourth-order valence-electron chi connectivity index (χ4n) is 1.48. The molecule has 0 radical (unpaired) electrons. The highest BCUT2D eigenvalue weighted by Gasteiger charge is 2.25. The fraction of sp³-hybridized carbons (Fsp3) is 0.200. The van der Waals surface area contributed by atoms with Crippen LogP contribution >= 0.6 is 11.8 Å². The van der Waals surface area contributed by atoms with E-state index in [4.69, 9.17) is 5.73 Å². The van der Waals surface area contributed by atoms with Crippen LogP contribution in [0.1, 0.15) is 0 Å². The van der Waals surface area contributed by atoms with E-state index < -0.39 is 5.91 Å². The number of nitrogens with zero attached hydrogens (tertiary/aromatic N) is 1. The van der Waals surface area contributed by atoms with Gasteiger partial charge in [-0.15, -0.1) is 11.8 Å². The van der Waals surface area contributed by atoms with E-state index in [2.05, 4.69) is 0 Å². The zero-order chi connectivity index (χ0) is 10.8. The van der Waals surface area contributed by atoms with Crippen LogP contribution in [0, 0.1) is 0 Å². The summed E-state index contributed by atoms with van der Waals surface area (Å²) in [5, 5.41) is 0. The summed E-state index contributed by atoms with van der Waals surface area (Å²) in [5.74, 6) is -0.202. The first kappa shape index (κ1) is 10.0. The third kappa shape index (κ3) is 1.97. The number of anilines is 1. The third-order valence-electron chi connectivity index (χ3n) is 2.12. The molecule has 0 unspecified atom stereocenters. The Bertz CT molecular complexity index is 420. The molecular weight excluding hydrogens is 212 g/mol. The van der Waals surface area contributed by atoms with Crippen molar-refractivity contribution in [2.75, 3.05) is 17.2 Å². The summed E-state index contributed by atoms with van der Waals surface area (Å²) >= 11 is 1.48. The Hall–Kier alpha value is -1.49. The second-order valence-corrected chi connectivity index (χ2v) is 4.22. The molecule has 1 aromatic rings. The molecule has 0 atom stereocenters.